The van der Waals surface area contributed by atoms with E-state index in [1.807, 2.05) is 53.8 Å². The number of fused-ring (bicyclic) bond motifs is 3. The van der Waals surface area contributed by atoms with Crippen LogP contribution in [0.3, 0.4) is 0 Å². The van der Waals surface area contributed by atoms with Crippen molar-refractivity contribution in [3.05, 3.63) is 88.7 Å². The SMILES string of the molecule is O=C(CNC(=O)OCC1c2ccccc2-c2ccccc21)Oc1c(F)c(F)c(F)c(F)c1F. The fraction of sp³-hybridized carbons (Fsp3) is 0.130. The Balaban J connectivity index is 1.36. The maximum absolute atomic E-state index is 13.6. The van der Waals surface area contributed by atoms with Crippen LogP contribution >= 0.6 is 0 Å². The third-order valence-corrected chi connectivity index (χ3v) is 5.11. The Hall–Kier alpha value is -3.95. The number of carbonyl (C=O) groups excluding carboxylic acids is 2. The average Bonchev–Trinajstić information content (AvgIpc) is 3.15. The van der Waals surface area contributed by atoms with Gasteiger partial charge in [-0.2, -0.15) is 8.78 Å². The molecule has 1 aliphatic rings. The van der Waals surface area contributed by atoms with E-state index in [1.54, 1.807) is 0 Å². The number of benzene rings is 3. The van der Waals surface area contributed by atoms with Crippen molar-refractivity contribution >= 4 is 12.1 Å². The predicted octanol–water partition coefficient (Wildman–Crippen LogP) is 4.83. The van der Waals surface area contributed by atoms with Gasteiger partial charge in [-0.3, -0.25) is 0 Å². The molecule has 1 aliphatic carbocycles. The Labute approximate surface area is 183 Å². The summed E-state index contributed by atoms with van der Waals surface area (Å²) >= 11 is 0. The van der Waals surface area contributed by atoms with Crippen molar-refractivity contribution in [3.8, 4) is 16.9 Å². The molecular formula is C23H14F5NO4. The van der Waals surface area contributed by atoms with E-state index in [-0.39, 0.29) is 12.5 Å². The van der Waals surface area contributed by atoms with Crippen LogP contribution in [0.1, 0.15) is 17.0 Å². The summed E-state index contributed by atoms with van der Waals surface area (Å²) in [5, 5.41) is 2.01. The molecule has 3 aromatic carbocycles. The second kappa shape index (κ2) is 8.89. The fourth-order valence-corrected chi connectivity index (χ4v) is 3.62. The third-order valence-electron chi connectivity index (χ3n) is 5.11. The van der Waals surface area contributed by atoms with Gasteiger partial charge in [0.15, 0.2) is 0 Å². The zero-order valence-electron chi connectivity index (χ0n) is 16.6. The monoisotopic (exact) mass is 463 g/mol. The number of alkyl carbamates (subject to hydrolysis) is 1. The lowest BCUT2D eigenvalue weighted by molar-refractivity contribution is -0.133. The number of halogens is 5. The van der Waals surface area contributed by atoms with Gasteiger partial charge in [-0.05, 0) is 22.3 Å². The lowest BCUT2D eigenvalue weighted by Crippen LogP contribution is -2.33. The van der Waals surface area contributed by atoms with Crippen LogP contribution in [-0.4, -0.2) is 25.2 Å². The summed E-state index contributed by atoms with van der Waals surface area (Å²) in [6.07, 6.45) is -1.04. The molecule has 10 heteroatoms. The molecule has 33 heavy (non-hydrogen) atoms. The smallest absolute Gasteiger partial charge is 0.407 e. The molecule has 0 heterocycles. The van der Waals surface area contributed by atoms with Crippen LogP contribution in [0.5, 0.6) is 5.75 Å². The van der Waals surface area contributed by atoms with Gasteiger partial charge in [0, 0.05) is 5.92 Å². The second-order valence-electron chi connectivity index (χ2n) is 7.05. The number of rotatable bonds is 5. The Morgan fingerprint density at radius 3 is 1.79 bits per heavy atom. The zero-order chi connectivity index (χ0) is 23.7. The molecule has 5 nitrogen and oxygen atoms in total. The lowest BCUT2D eigenvalue weighted by Gasteiger charge is -2.14. The zero-order valence-corrected chi connectivity index (χ0v) is 16.6. The number of carbonyl (C=O) groups is 2. The van der Waals surface area contributed by atoms with Gasteiger partial charge in [0.25, 0.3) is 0 Å². The maximum atomic E-state index is 13.6. The standard InChI is InChI=1S/C23H14F5NO4/c24-17-18(25)20(27)22(21(28)19(17)26)33-16(30)9-29-23(31)32-10-15-13-7-3-1-5-11(13)12-6-2-4-8-14(12)15/h1-8,15H,9-10H2,(H,29,31). The first-order valence-corrected chi connectivity index (χ1v) is 9.60. The molecule has 0 fully saturated rings. The van der Waals surface area contributed by atoms with Gasteiger partial charge in [-0.25, -0.2) is 22.8 Å². The third kappa shape index (κ3) is 4.11. The topological polar surface area (TPSA) is 64.6 Å². The molecule has 0 saturated carbocycles. The predicted molar refractivity (Wildman–Crippen MR) is 105 cm³/mol. The lowest BCUT2D eigenvalue weighted by atomic mass is 9.98. The molecule has 0 radical (unpaired) electrons. The normalized spacial score (nSPS) is 12.2. The molecule has 0 atom stereocenters. The van der Waals surface area contributed by atoms with E-state index in [1.165, 1.54) is 0 Å². The van der Waals surface area contributed by atoms with Crippen molar-refractivity contribution in [3.63, 3.8) is 0 Å². The molecule has 1 N–H and O–H groups in total. The summed E-state index contributed by atoms with van der Waals surface area (Å²) in [6, 6.07) is 15.2. The van der Waals surface area contributed by atoms with Crippen LogP contribution in [0.4, 0.5) is 26.7 Å². The minimum Gasteiger partial charge on any atom is -0.449 e. The van der Waals surface area contributed by atoms with Crippen molar-refractivity contribution in [1.29, 1.82) is 0 Å². The van der Waals surface area contributed by atoms with Gasteiger partial charge < -0.3 is 14.8 Å². The minimum atomic E-state index is -2.39. The fourth-order valence-electron chi connectivity index (χ4n) is 3.62. The minimum absolute atomic E-state index is 0.0629. The van der Waals surface area contributed by atoms with Gasteiger partial charge in [-0.1, -0.05) is 48.5 Å². The van der Waals surface area contributed by atoms with Crippen molar-refractivity contribution < 1.29 is 41.0 Å². The highest BCUT2D eigenvalue weighted by molar-refractivity contribution is 5.80. The van der Waals surface area contributed by atoms with Gasteiger partial charge >= 0.3 is 12.1 Å². The number of nitrogens with one attached hydrogen (secondary N) is 1. The van der Waals surface area contributed by atoms with Gasteiger partial charge in [0.05, 0.1) is 0 Å². The van der Waals surface area contributed by atoms with Crippen LogP contribution in [0.25, 0.3) is 11.1 Å². The molecular weight excluding hydrogens is 449 g/mol. The van der Waals surface area contributed by atoms with Crippen LogP contribution in [0.15, 0.2) is 48.5 Å². The van der Waals surface area contributed by atoms with Crippen LogP contribution in [0, 0.1) is 29.1 Å². The van der Waals surface area contributed by atoms with E-state index >= 15 is 0 Å². The van der Waals surface area contributed by atoms with Gasteiger partial charge in [0.2, 0.25) is 34.8 Å². The maximum Gasteiger partial charge on any atom is 0.407 e. The summed E-state index contributed by atoms with van der Waals surface area (Å²) in [5.41, 5.74) is 3.93. The number of hydrogen-bond acceptors (Lipinski definition) is 4. The van der Waals surface area contributed by atoms with Crippen molar-refractivity contribution in [2.24, 2.45) is 0 Å². The molecule has 0 aromatic heterocycles. The van der Waals surface area contributed by atoms with Gasteiger partial charge in [-0.15, -0.1) is 0 Å². The number of hydrogen-bond donors (Lipinski definition) is 1. The highest BCUT2D eigenvalue weighted by Crippen LogP contribution is 2.44. The van der Waals surface area contributed by atoms with Crippen LogP contribution < -0.4 is 10.1 Å². The van der Waals surface area contributed by atoms with E-state index in [0.29, 0.717) is 0 Å². The average molecular weight is 463 g/mol. The summed E-state index contributed by atoms with van der Waals surface area (Å²) in [7, 11) is 0. The Bertz CT molecular complexity index is 1190. The van der Waals surface area contributed by atoms with E-state index in [2.05, 4.69) is 4.74 Å². The van der Waals surface area contributed by atoms with E-state index in [0.717, 1.165) is 22.3 Å². The van der Waals surface area contributed by atoms with Crippen molar-refractivity contribution in [2.75, 3.05) is 13.2 Å². The van der Waals surface area contributed by atoms with Crippen LogP contribution in [0.2, 0.25) is 0 Å². The van der Waals surface area contributed by atoms with Gasteiger partial charge in [0.1, 0.15) is 13.2 Å². The number of ether oxygens (including phenoxy) is 2. The van der Waals surface area contributed by atoms with Crippen LogP contribution in [-0.2, 0) is 9.53 Å². The first-order chi connectivity index (χ1) is 15.8. The first kappa shape index (κ1) is 22.3. The molecule has 0 unspecified atom stereocenters. The first-order valence-electron chi connectivity index (χ1n) is 9.60. The van der Waals surface area contributed by atoms with Crippen molar-refractivity contribution in [1.82, 2.24) is 5.32 Å². The van der Waals surface area contributed by atoms with E-state index in [9.17, 15) is 31.5 Å². The van der Waals surface area contributed by atoms with E-state index < -0.39 is 53.4 Å². The Kier molecular flexibility index (Phi) is 5.99. The molecule has 0 saturated heterocycles. The molecule has 3 aromatic rings. The molecule has 0 spiro atoms. The van der Waals surface area contributed by atoms with E-state index in [4.69, 9.17) is 4.74 Å². The molecule has 4 rings (SSSR count). The second-order valence-corrected chi connectivity index (χ2v) is 7.05. The van der Waals surface area contributed by atoms with Crippen molar-refractivity contribution in [2.45, 2.75) is 5.92 Å². The largest absolute Gasteiger partial charge is 0.449 e. The Morgan fingerprint density at radius 1 is 0.758 bits per heavy atom. The summed E-state index contributed by atoms with van der Waals surface area (Å²) in [6.45, 7) is -0.997. The quantitative estimate of drug-likeness (QED) is 0.194. The highest BCUT2D eigenvalue weighted by atomic mass is 19.2. The number of esters is 1. The molecule has 1 amide bonds. The summed E-state index contributed by atoms with van der Waals surface area (Å²) < 4.78 is 76.0. The highest BCUT2D eigenvalue weighted by Gasteiger charge is 2.30. The molecule has 0 aliphatic heterocycles. The molecule has 170 valence electrons. The summed E-state index contributed by atoms with van der Waals surface area (Å²) in [4.78, 5) is 23.8. The number of amides is 1. The molecule has 0 bridgehead atoms. The Morgan fingerprint density at radius 2 is 1.24 bits per heavy atom. The summed E-state index contributed by atoms with van der Waals surface area (Å²) in [5.74, 6) is -15.0.